The molecule has 0 radical (unpaired) electrons. The van der Waals surface area contributed by atoms with Crippen LogP contribution in [0.5, 0.6) is 5.75 Å². The minimum absolute atomic E-state index is 0.0296. The van der Waals surface area contributed by atoms with E-state index in [4.69, 9.17) is 9.47 Å². The third-order valence-corrected chi connectivity index (χ3v) is 10.5. The molecule has 0 bridgehead atoms. The molecule has 1 aromatic carbocycles. The summed E-state index contributed by atoms with van der Waals surface area (Å²) in [7, 11) is 0. The summed E-state index contributed by atoms with van der Waals surface area (Å²) in [5.41, 5.74) is 0.452. The molecule has 0 spiro atoms. The van der Waals surface area contributed by atoms with Crippen molar-refractivity contribution in [3.8, 4) is 5.75 Å². The number of rotatable bonds is 11. The highest BCUT2D eigenvalue weighted by Gasteiger charge is 2.43. The lowest BCUT2D eigenvalue weighted by atomic mass is 9.75. The van der Waals surface area contributed by atoms with E-state index in [2.05, 4.69) is 48.7 Å². The van der Waals surface area contributed by atoms with Gasteiger partial charge in [-0.3, -0.25) is 9.59 Å². The van der Waals surface area contributed by atoms with Gasteiger partial charge in [0, 0.05) is 24.6 Å². The zero-order valence-corrected chi connectivity index (χ0v) is 28.2. The standard InChI is InChI=1S/C34H51IN2O6/c1-22(2)26-15-14-23(3)18-30(26)42-21-32(39)37(25-10-6-4-5-7-11-25)28-19-24(34(41)36-16-17-38)20-31(33(28)40)43-29-13-9-8-12-27(29)35/h8-9,12-13,20,22-23,25-26,28,30-31,33,38,40H,4-7,10-11,14-19,21H2,1-3H3,(H,36,41). The fourth-order valence-electron chi connectivity index (χ4n) is 7.19. The molecule has 4 rings (SSSR count). The van der Waals surface area contributed by atoms with Crippen molar-refractivity contribution in [1.82, 2.24) is 10.2 Å². The SMILES string of the molecule is CC1CCC(C(C)C)C(OCC(=O)N(C2CCCCCC2)C2CC(C(=O)NCCO)=CC(Oc3ccccc3I)C2O)C1. The van der Waals surface area contributed by atoms with Crippen molar-refractivity contribution in [2.45, 2.75) is 115 Å². The second kappa shape index (κ2) is 16.6. The minimum atomic E-state index is -1.03. The van der Waals surface area contributed by atoms with Crippen LogP contribution in [0.3, 0.4) is 0 Å². The molecular weight excluding hydrogens is 659 g/mol. The zero-order chi connectivity index (χ0) is 30.9. The van der Waals surface area contributed by atoms with Crippen LogP contribution in [-0.2, 0) is 14.3 Å². The second-order valence-corrected chi connectivity index (χ2v) is 14.2. The smallest absolute Gasteiger partial charge is 0.249 e. The molecule has 240 valence electrons. The molecule has 0 aliphatic heterocycles. The third kappa shape index (κ3) is 9.17. The molecule has 0 aromatic heterocycles. The molecular formula is C34H51IN2O6. The van der Waals surface area contributed by atoms with Gasteiger partial charge in [0.05, 0.1) is 22.3 Å². The van der Waals surface area contributed by atoms with E-state index < -0.39 is 18.2 Å². The average molecular weight is 711 g/mol. The van der Waals surface area contributed by atoms with Crippen molar-refractivity contribution in [3.63, 3.8) is 0 Å². The summed E-state index contributed by atoms with van der Waals surface area (Å²) in [6.45, 7) is 6.65. The lowest BCUT2D eigenvalue weighted by Crippen LogP contribution is -2.59. The van der Waals surface area contributed by atoms with E-state index in [-0.39, 0.29) is 50.1 Å². The highest BCUT2D eigenvalue weighted by molar-refractivity contribution is 14.1. The minimum Gasteiger partial charge on any atom is -0.482 e. The first kappa shape index (κ1) is 34.2. The summed E-state index contributed by atoms with van der Waals surface area (Å²) in [6, 6.07) is 6.88. The van der Waals surface area contributed by atoms with Crippen molar-refractivity contribution in [2.75, 3.05) is 19.8 Å². The van der Waals surface area contributed by atoms with E-state index in [0.29, 0.717) is 29.1 Å². The Morgan fingerprint density at radius 2 is 1.81 bits per heavy atom. The number of nitrogens with one attached hydrogen (secondary N) is 1. The number of hydrogen-bond acceptors (Lipinski definition) is 6. The van der Waals surface area contributed by atoms with E-state index in [1.165, 1.54) is 6.42 Å². The Hall–Kier alpha value is -1.69. The number of aliphatic hydroxyl groups is 2. The third-order valence-electron chi connectivity index (χ3n) is 9.56. The van der Waals surface area contributed by atoms with Crippen molar-refractivity contribution in [1.29, 1.82) is 0 Å². The average Bonchev–Trinajstić information content (AvgIpc) is 3.27. The van der Waals surface area contributed by atoms with E-state index >= 15 is 0 Å². The van der Waals surface area contributed by atoms with Gasteiger partial charge in [-0.05, 0) is 84.2 Å². The molecule has 6 atom stereocenters. The Bertz CT molecular complexity index is 1090. The molecule has 1 aromatic rings. The van der Waals surface area contributed by atoms with Crippen LogP contribution in [0.4, 0.5) is 0 Å². The predicted molar refractivity (Wildman–Crippen MR) is 176 cm³/mol. The second-order valence-electron chi connectivity index (χ2n) is 13.1. The van der Waals surface area contributed by atoms with E-state index in [9.17, 15) is 19.8 Å². The fourth-order valence-corrected chi connectivity index (χ4v) is 7.70. The van der Waals surface area contributed by atoms with Crippen molar-refractivity contribution in [3.05, 3.63) is 39.5 Å². The Kier molecular flexibility index (Phi) is 13.2. The number of carbonyl (C=O) groups is 2. The quantitative estimate of drug-likeness (QED) is 0.215. The molecule has 3 N–H and O–H groups in total. The van der Waals surface area contributed by atoms with Gasteiger partial charge in [-0.25, -0.2) is 0 Å². The molecule has 8 nitrogen and oxygen atoms in total. The molecule has 0 saturated heterocycles. The Morgan fingerprint density at radius 1 is 1.09 bits per heavy atom. The lowest BCUT2D eigenvalue weighted by Gasteiger charge is -2.44. The van der Waals surface area contributed by atoms with Gasteiger partial charge in [0.15, 0.2) is 0 Å². The van der Waals surface area contributed by atoms with Crippen LogP contribution in [0.2, 0.25) is 0 Å². The van der Waals surface area contributed by atoms with Gasteiger partial charge in [-0.15, -0.1) is 0 Å². The van der Waals surface area contributed by atoms with Crippen LogP contribution in [0.15, 0.2) is 35.9 Å². The van der Waals surface area contributed by atoms with Crippen LogP contribution in [-0.4, -0.2) is 77.1 Å². The zero-order valence-electron chi connectivity index (χ0n) is 26.1. The molecule has 9 heteroatoms. The normalized spacial score (nSPS) is 28.6. The largest absolute Gasteiger partial charge is 0.482 e. The van der Waals surface area contributed by atoms with Crippen LogP contribution in [0, 0.1) is 21.3 Å². The molecule has 43 heavy (non-hydrogen) atoms. The number of benzene rings is 1. The van der Waals surface area contributed by atoms with Gasteiger partial charge in [-0.1, -0.05) is 65.0 Å². The number of halogens is 1. The van der Waals surface area contributed by atoms with Crippen LogP contribution in [0.1, 0.15) is 85.0 Å². The van der Waals surface area contributed by atoms with Crippen LogP contribution in [0.25, 0.3) is 0 Å². The summed E-state index contributed by atoms with van der Waals surface area (Å²) in [5.74, 6) is 1.64. The van der Waals surface area contributed by atoms with Crippen molar-refractivity contribution in [2.24, 2.45) is 17.8 Å². The summed E-state index contributed by atoms with van der Waals surface area (Å²) in [4.78, 5) is 29.3. The molecule has 2 amide bonds. The molecule has 2 fully saturated rings. The van der Waals surface area contributed by atoms with Gasteiger partial charge >= 0.3 is 0 Å². The summed E-state index contributed by atoms with van der Waals surface area (Å²) >= 11 is 2.19. The number of para-hydroxylation sites is 1. The van der Waals surface area contributed by atoms with Crippen molar-refractivity contribution < 1.29 is 29.3 Å². The van der Waals surface area contributed by atoms with E-state index in [1.807, 2.05) is 29.2 Å². The number of hydrogen-bond donors (Lipinski definition) is 3. The number of ether oxygens (including phenoxy) is 2. The van der Waals surface area contributed by atoms with Gasteiger partial charge in [0.2, 0.25) is 11.8 Å². The Morgan fingerprint density at radius 3 is 2.49 bits per heavy atom. The Labute approximate surface area is 271 Å². The molecule has 3 aliphatic rings. The first-order valence-corrected chi connectivity index (χ1v) is 17.4. The molecule has 2 saturated carbocycles. The number of amides is 2. The first-order chi connectivity index (χ1) is 20.7. The van der Waals surface area contributed by atoms with Gasteiger partial charge in [0.1, 0.15) is 24.6 Å². The maximum Gasteiger partial charge on any atom is 0.249 e. The van der Waals surface area contributed by atoms with Crippen LogP contribution < -0.4 is 10.1 Å². The maximum absolute atomic E-state index is 14.3. The fraction of sp³-hybridized carbons (Fsp3) is 0.706. The van der Waals surface area contributed by atoms with Crippen LogP contribution >= 0.6 is 22.6 Å². The first-order valence-electron chi connectivity index (χ1n) is 16.3. The lowest BCUT2D eigenvalue weighted by molar-refractivity contribution is -0.152. The highest BCUT2D eigenvalue weighted by atomic mass is 127. The molecule has 3 aliphatic carbocycles. The van der Waals surface area contributed by atoms with E-state index in [1.54, 1.807) is 6.08 Å². The highest BCUT2D eigenvalue weighted by Crippen LogP contribution is 2.36. The number of carbonyl (C=O) groups excluding carboxylic acids is 2. The number of nitrogens with zero attached hydrogens (tertiary/aromatic N) is 1. The summed E-state index contributed by atoms with van der Waals surface area (Å²) < 4.78 is 13.7. The topological polar surface area (TPSA) is 108 Å². The van der Waals surface area contributed by atoms with Crippen molar-refractivity contribution >= 4 is 34.4 Å². The predicted octanol–water partition coefficient (Wildman–Crippen LogP) is 5.24. The van der Waals surface area contributed by atoms with E-state index in [0.717, 1.165) is 54.9 Å². The summed E-state index contributed by atoms with van der Waals surface area (Å²) in [5, 5.41) is 23.9. The van der Waals surface area contributed by atoms with Gasteiger partial charge in [-0.2, -0.15) is 0 Å². The van der Waals surface area contributed by atoms with Gasteiger partial charge in [0.25, 0.3) is 0 Å². The monoisotopic (exact) mass is 710 g/mol. The Balaban J connectivity index is 1.62. The van der Waals surface area contributed by atoms with Gasteiger partial charge < -0.3 is 29.9 Å². The molecule has 0 heterocycles. The maximum atomic E-state index is 14.3. The number of aliphatic hydroxyl groups excluding tert-OH is 2. The summed E-state index contributed by atoms with van der Waals surface area (Å²) in [6.07, 6.45) is 9.36. The molecule has 6 unspecified atom stereocenters.